The molecule has 1 aliphatic rings. The van der Waals surface area contributed by atoms with Gasteiger partial charge in [0, 0.05) is 22.9 Å². The van der Waals surface area contributed by atoms with E-state index >= 15 is 0 Å². The van der Waals surface area contributed by atoms with Gasteiger partial charge in [0.05, 0.1) is 0 Å². The summed E-state index contributed by atoms with van der Waals surface area (Å²) in [7, 11) is 0. The van der Waals surface area contributed by atoms with Gasteiger partial charge in [0.25, 0.3) is 0 Å². The first-order chi connectivity index (χ1) is 6.68. The number of hydrogen-bond acceptors (Lipinski definition) is 3. The van der Waals surface area contributed by atoms with Crippen molar-refractivity contribution in [1.82, 2.24) is 0 Å². The largest absolute Gasteiger partial charge is 0.327 e. The quantitative estimate of drug-likeness (QED) is 0.538. The zero-order chi connectivity index (χ0) is 10.1. The Balaban J connectivity index is 2.43. The summed E-state index contributed by atoms with van der Waals surface area (Å²) in [4.78, 5) is 10.6. The predicted molar refractivity (Wildman–Crippen MR) is 52.5 cm³/mol. The van der Waals surface area contributed by atoms with E-state index in [4.69, 9.17) is 5.73 Å². The second kappa shape index (κ2) is 3.38. The van der Waals surface area contributed by atoms with Crippen molar-refractivity contribution in [2.45, 2.75) is 24.9 Å². The lowest BCUT2D eigenvalue weighted by Crippen LogP contribution is -2.33. The van der Waals surface area contributed by atoms with Crippen LogP contribution in [0.1, 0.15) is 23.6 Å². The molecule has 0 fully saturated rings. The van der Waals surface area contributed by atoms with Crippen LogP contribution in [0, 0.1) is 10.1 Å². The van der Waals surface area contributed by atoms with Crippen molar-refractivity contribution in [3.8, 4) is 0 Å². The van der Waals surface area contributed by atoms with E-state index in [0.717, 1.165) is 17.5 Å². The van der Waals surface area contributed by atoms with Crippen molar-refractivity contribution >= 4 is 0 Å². The minimum atomic E-state index is -0.616. The van der Waals surface area contributed by atoms with Gasteiger partial charge in [-0.3, -0.25) is 10.1 Å². The molecule has 0 saturated heterocycles. The molecule has 0 amide bonds. The molecule has 1 aliphatic carbocycles. The first-order valence-corrected chi connectivity index (χ1v) is 4.65. The molecule has 2 unspecified atom stereocenters. The lowest BCUT2D eigenvalue weighted by atomic mass is 9.85. The predicted octanol–water partition coefficient (Wildman–Crippen LogP) is 1.28. The molecule has 1 aromatic carbocycles. The van der Waals surface area contributed by atoms with Crippen LogP contribution in [0.5, 0.6) is 0 Å². The molecule has 0 aliphatic heterocycles. The number of rotatable bonds is 1. The van der Waals surface area contributed by atoms with Gasteiger partial charge in [0.1, 0.15) is 0 Å². The van der Waals surface area contributed by atoms with Crippen LogP contribution in [-0.2, 0) is 6.42 Å². The Hall–Kier alpha value is -1.42. The van der Waals surface area contributed by atoms with Gasteiger partial charge in [-0.15, -0.1) is 0 Å². The van der Waals surface area contributed by atoms with Gasteiger partial charge in [-0.1, -0.05) is 24.3 Å². The highest BCUT2D eigenvalue weighted by Gasteiger charge is 2.32. The van der Waals surface area contributed by atoms with Crippen LogP contribution in [-0.4, -0.2) is 11.0 Å². The Labute approximate surface area is 81.9 Å². The van der Waals surface area contributed by atoms with E-state index in [-0.39, 0.29) is 11.0 Å². The minimum Gasteiger partial charge on any atom is -0.327 e. The molecule has 0 radical (unpaired) electrons. The summed E-state index contributed by atoms with van der Waals surface area (Å²) >= 11 is 0. The summed E-state index contributed by atoms with van der Waals surface area (Å²) in [6.45, 7) is 0. The molecule has 0 bridgehead atoms. The molecule has 0 aromatic heterocycles. The molecule has 2 N–H and O–H groups in total. The zero-order valence-electron chi connectivity index (χ0n) is 7.72. The van der Waals surface area contributed by atoms with Crippen LogP contribution in [0.4, 0.5) is 0 Å². The topological polar surface area (TPSA) is 69.2 Å². The van der Waals surface area contributed by atoms with Crippen LogP contribution < -0.4 is 5.73 Å². The highest BCUT2D eigenvalue weighted by molar-refractivity contribution is 5.32. The first-order valence-electron chi connectivity index (χ1n) is 4.65. The van der Waals surface area contributed by atoms with Crippen molar-refractivity contribution in [1.29, 1.82) is 0 Å². The number of fused-ring (bicyclic) bond motifs is 1. The second-order valence-corrected chi connectivity index (χ2v) is 3.70. The van der Waals surface area contributed by atoms with Crippen molar-refractivity contribution in [2.24, 2.45) is 5.73 Å². The molecule has 1 aromatic rings. The molecule has 2 rings (SSSR count). The van der Waals surface area contributed by atoms with Crippen LogP contribution >= 0.6 is 0 Å². The summed E-state index contributed by atoms with van der Waals surface area (Å²) < 4.78 is 0. The maximum Gasteiger partial charge on any atom is 0.239 e. The van der Waals surface area contributed by atoms with Gasteiger partial charge in [-0.2, -0.15) is 0 Å². The van der Waals surface area contributed by atoms with E-state index in [1.807, 2.05) is 24.3 Å². The molecular weight excluding hydrogens is 180 g/mol. The smallest absolute Gasteiger partial charge is 0.239 e. The number of nitrogens with zero attached hydrogens (tertiary/aromatic N) is 1. The van der Waals surface area contributed by atoms with E-state index in [2.05, 4.69) is 0 Å². The molecule has 0 spiro atoms. The van der Waals surface area contributed by atoms with Crippen molar-refractivity contribution < 1.29 is 4.92 Å². The Morgan fingerprint density at radius 1 is 1.43 bits per heavy atom. The molecule has 4 heteroatoms. The average molecular weight is 192 g/mol. The Bertz CT molecular complexity index is 365. The fourth-order valence-electron chi connectivity index (χ4n) is 2.02. The Kier molecular flexibility index (Phi) is 2.21. The molecular formula is C10H12N2O2. The van der Waals surface area contributed by atoms with Crippen LogP contribution in [0.3, 0.4) is 0 Å². The lowest BCUT2D eigenvalue weighted by molar-refractivity contribution is -0.531. The number of nitro groups is 1. The van der Waals surface area contributed by atoms with Crippen molar-refractivity contribution in [2.75, 3.05) is 0 Å². The van der Waals surface area contributed by atoms with Gasteiger partial charge in [-0.05, 0) is 12.0 Å². The standard InChI is InChI=1S/C10H12N2O2/c11-8-5-7-3-1-2-4-9(7)10(6-8)12(13)14/h1-4,8,10H,5-6,11H2. The van der Waals surface area contributed by atoms with E-state index in [1.165, 1.54) is 0 Å². The van der Waals surface area contributed by atoms with Gasteiger partial charge in [0.15, 0.2) is 0 Å². The van der Waals surface area contributed by atoms with E-state index in [1.54, 1.807) is 0 Å². The average Bonchev–Trinajstić information content (AvgIpc) is 2.16. The summed E-state index contributed by atoms with van der Waals surface area (Å²) in [5.41, 5.74) is 7.63. The van der Waals surface area contributed by atoms with Crippen molar-refractivity contribution in [3.05, 3.63) is 45.5 Å². The fourth-order valence-corrected chi connectivity index (χ4v) is 2.02. The number of hydrogen-bond donors (Lipinski definition) is 1. The van der Waals surface area contributed by atoms with Crippen LogP contribution in [0.2, 0.25) is 0 Å². The number of benzene rings is 1. The third kappa shape index (κ3) is 1.48. The minimum absolute atomic E-state index is 0.0831. The highest BCUT2D eigenvalue weighted by Crippen LogP contribution is 2.30. The van der Waals surface area contributed by atoms with Gasteiger partial charge in [0.2, 0.25) is 6.04 Å². The Morgan fingerprint density at radius 3 is 2.86 bits per heavy atom. The normalized spacial score (nSPS) is 25.5. The van der Waals surface area contributed by atoms with E-state index < -0.39 is 6.04 Å². The molecule has 14 heavy (non-hydrogen) atoms. The summed E-state index contributed by atoms with van der Waals surface area (Å²) in [6, 6.07) is 6.79. The lowest BCUT2D eigenvalue weighted by Gasteiger charge is -2.23. The second-order valence-electron chi connectivity index (χ2n) is 3.70. The maximum atomic E-state index is 10.8. The first kappa shape index (κ1) is 9.15. The fraction of sp³-hybridized carbons (Fsp3) is 0.400. The van der Waals surface area contributed by atoms with E-state index in [9.17, 15) is 10.1 Å². The van der Waals surface area contributed by atoms with Gasteiger partial charge >= 0.3 is 0 Å². The summed E-state index contributed by atoms with van der Waals surface area (Å²) in [5, 5.41) is 10.8. The third-order valence-corrected chi connectivity index (χ3v) is 2.68. The third-order valence-electron chi connectivity index (χ3n) is 2.68. The van der Waals surface area contributed by atoms with Crippen LogP contribution in [0.15, 0.2) is 24.3 Å². The Morgan fingerprint density at radius 2 is 2.14 bits per heavy atom. The summed E-state index contributed by atoms with van der Waals surface area (Å²) in [6.07, 6.45) is 1.20. The van der Waals surface area contributed by atoms with E-state index in [0.29, 0.717) is 6.42 Å². The van der Waals surface area contributed by atoms with Gasteiger partial charge < -0.3 is 5.73 Å². The monoisotopic (exact) mass is 192 g/mol. The number of nitrogens with two attached hydrogens (primary N) is 1. The molecule has 4 nitrogen and oxygen atoms in total. The maximum absolute atomic E-state index is 10.8. The van der Waals surface area contributed by atoms with Crippen LogP contribution in [0.25, 0.3) is 0 Å². The molecule has 0 heterocycles. The zero-order valence-corrected chi connectivity index (χ0v) is 7.72. The van der Waals surface area contributed by atoms with Crippen molar-refractivity contribution in [3.63, 3.8) is 0 Å². The molecule has 0 saturated carbocycles. The summed E-state index contributed by atoms with van der Waals surface area (Å²) in [5.74, 6) is 0. The highest BCUT2D eigenvalue weighted by atomic mass is 16.6. The SMILES string of the molecule is NC1Cc2ccccc2C([N+](=O)[O-])C1. The molecule has 2 atom stereocenters. The molecule has 74 valence electrons. The van der Waals surface area contributed by atoms with Gasteiger partial charge in [-0.25, -0.2) is 0 Å².